The molecule has 1 fully saturated rings. The smallest absolute Gasteiger partial charge is 0.337 e. The minimum Gasteiger partial charge on any atom is -0.482 e. The lowest BCUT2D eigenvalue weighted by molar-refractivity contribution is -0.118. The van der Waals surface area contributed by atoms with E-state index in [0.29, 0.717) is 11.3 Å². The molecule has 1 aliphatic carbocycles. The molecule has 10 heteroatoms. The maximum absolute atomic E-state index is 12.6. The van der Waals surface area contributed by atoms with Crippen molar-refractivity contribution in [2.24, 2.45) is 0 Å². The molecule has 3 rings (SSSR count). The van der Waals surface area contributed by atoms with E-state index in [2.05, 4.69) is 14.8 Å². The second-order valence-electron chi connectivity index (χ2n) is 7.45. The summed E-state index contributed by atoms with van der Waals surface area (Å²) in [6, 6.07) is 10.3. The average molecular weight is 481 g/mol. The fourth-order valence-electron chi connectivity index (χ4n) is 3.42. The van der Waals surface area contributed by atoms with Crippen LogP contribution in [0.1, 0.15) is 42.5 Å². The fourth-order valence-corrected chi connectivity index (χ4v) is 5.05. The lowest BCUT2D eigenvalue weighted by Gasteiger charge is -2.22. The molecule has 0 aromatic heterocycles. The third-order valence-electron chi connectivity index (χ3n) is 5.09. The number of anilines is 1. The number of ether oxygens (including phenoxy) is 2. The molecular formula is C22H25ClN2O6S. The minimum atomic E-state index is -3.69. The first-order valence-electron chi connectivity index (χ1n) is 10.2. The molecule has 0 saturated heterocycles. The normalized spacial score (nSPS) is 14.6. The van der Waals surface area contributed by atoms with Gasteiger partial charge in [0.25, 0.3) is 5.91 Å². The summed E-state index contributed by atoms with van der Waals surface area (Å²) in [6.07, 6.45) is 4.81. The summed E-state index contributed by atoms with van der Waals surface area (Å²) in [6.45, 7) is -0.328. The first-order valence-corrected chi connectivity index (χ1v) is 12.1. The quantitative estimate of drug-likeness (QED) is 0.556. The number of hydrogen-bond acceptors (Lipinski definition) is 6. The second-order valence-corrected chi connectivity index (χ2v) is 9.58. The Bertz CT molecular complexity index is 1070. The van der Waals surface area contributed by atoms with E-state index in [4.69, 9.17) is 16.3 Å². The van der Waals surface area contributed by atoms with Crippen LogP contribution in [-0.2, 0) is 19.6 Å². The van der Waals surface area contributed by atoms with Crippen molar-refractivity contribution in [3.8, 4) is 5.75 Å². The average Bonchev–Trinajstić information content (AvgIpc) is 2.78. The Hall–Kier alpha value is -2.62. The van der Waals surface area contributed by atoms with Gasteiger partial charge >= 0.3 is 5.97 Å². The highest BCUT2D eigenvalue weighted by atomic mass is 35.5. The van der Waals surface area contributed by atoms with Crippen LogP contribution in [0.5, 0.6) is 5.75 Å². The van der Waals surface area contributed by atoms with Crippen LogP contribution in [0.15, 0.2) is 47.4 Å². The molecular weight excluding hydrogens is 456 g/mol. The van der Waals surface area contributed by atoms with E-state index in [1.54, 1.807) is 12.1 Å². The number of amides is 1. The van der Waals surface area contributed by atoms with Crippen molar-refractivity contribution in [2.45, 2.75) is 43.0 Å². The zero-order chi connectivity index (χ0) is 23.1. The largest absolute Gasteiger partial charge is 0.482 e. The van der Waals surface area contributed by atoms with Crippen molar-refractivity contribution >= 4 is 39.2 Å². The molecule has 1 amide bonds. The van der Waals surface area contributed by atoms with Crippen LogP contribution in [0.4, 0.5) is 5.69 Å². The summed E-state index contributed by atoms with van der Waals surface area (Å²) in [5.74, 6) is -0.720. The fraction of sp³-hybridized carbons (Fsp3) is 0.364. The summed E-state index contributed by atoms with van der Waals surface area (Å²) >= 11 is 6.19. The summed E-state index contributed by atoms with van der Waals surface area (Å²) in [5, 5.41) is 2.72. The summed E-state index contributed by atoms with van der Waals surface area (Å²) < 4.78 is 38.0. The second kappa shape index (κ2) is 10.8. The maximum atomic E-state index is 12.6. The molecule has 2 aromatic rings. The molecule has 1 aliphatic rings. The summed E-state index contributed by atoms with van der Waals surface area (Å²) in [4.78, 5) is 23.6. The van der Waals surface area contributed by atoms with E-state index in [9.17, 15) is 18.0 Å². The van der Waals surface area contributed by atoms with E-state index in [1.165, 1.54) is 37.4 Å². The van der Waals surface area contributed by atoms with Crippen LogP contribution in [-0.4, -0.2) is 40.1 Å². The number of nitrogens with one attached hydrogen (secondary N) is 2. The molecule has 0 radical (unpaired) electrons. The number of benzene rings is 2. The molecule has 0 aliphatic heterocycles. The van der Waals surface area contributed by atoms with Gasteiger partial charge in [0.1, 0.15) is 5.75 Å². The van der Waals surface area contributed by atoms with Gasteiger partial charge in [0.2, 0.25) is 10.0 Å². The lowest BCUT2D eigenvalue weighted by Crippen LogP contribution is -2.36. The van der Waals surface area contributed by atoms with E-state index >= 15 is 0 Å². The first kappa shape index (κ1) is 24.0. The van der Waals surface area contributed by atoms with Crippen molar-refractivity contribution in [3.63, 3.8) is 0 Å². The van der Waals surface area contributed by atoms with E-state index in [-0.39, 0.29) is 28.3 Å². The Morgan fingerprint density at radius 2 is 1.75 bits per heavy atom. The highest BCUT2D eigenvalue weighted by molar-refractivity contribution is 7.89. The number of carbonyl (C=O) groups is 2. The Morgan fingerprint density at radius 3 is 2.38 bits per heavy atom. The maximum Gasteiger partial charge on any atom is 0.337 e. The molecule has 172 valence electrons. The molecule has 0 heterocycles. The van der Waals surface area contributed by atoms with Gasteiger partial charge < -0.3 is 14.8 Å². The molecule has 0 unspecified atom stereocenters. The molecule has 1 saturated carbocycles. The number of methoxy groups -OCH3 is 1. The van der Waals surface area contributed by atoms with Crippen LogP contribution < -0.4 is 14.8 Å². The Balaban J connectivity index is 1.56. The van der Waals surface area contributed by atoms with Crippen LogP contribution >= 0.6 is 11.6 Å². The number of halogens is 1. The summed E-state index contributed by atoms with van der Waals surface area (Å²) in [5.41, 5.74) is 0.842. The molecule has 8 nitrogen and oxygen atoms in total. The molecule has 2 aromatic carbocycles. The first-order chi connectivity index (χ1) is 15.3. The Morgan fingerprint density at radius 1 is 1.06 bits per heavy atom. The molecule has 2 N–H and O–H groups in total. The van der Waals surface area contributed by atoms with E-state index in [1.807, 2.05) is 0 Å². The number of rotatable bonds is 8. The Kier molecular flexibility index (Phi) is 8.11. The summed E-state index contributed by atoms with van der Waals surface area (Å²) in [7, 11) is -2.40. The highest BCUT2D eigenvalue weighted by Gasteiger charge is 2.22. The zero-order valence-electron chi connectivity index (χ0n) is 17.6. The van der Waals surface area contributed by atoms with Gasteiger partial charge in [-0.2, -0.15) is 0 Å². The highest BCUT2D eigenvalue weighted by Crippen LogP contribution is 2.28. The predicted octanol–water partition coefficient (Wildman–Crippen LogP) is 3.76. The van der Waals surface area contributed by atoms with Crippen molar-refractivity contribution in [1.29, 1.82) is 0 Å². The van der Waals surface area contributed by atoms with Crippen LogP contribution in [0, 0.1) is 0 Å². The van der Waals surface area contributed by atoms with Gasteiger partial charge in [-0.3, -0.25) is 4.79 Å². The van der Waals surface area contributed by atoms with E-state index < -0.39 is 21.9 Å². The predicted molar refractivity (Wildman–Crippen MR) is 121 cm³/mol. The Labute approximate surface area is 192 Å². The van der Waals surface area contributed by atoms with Crippen LogP contribution in [0.3, 0.4) is 0 Å². The van der Waals surface area contributed by atoms with E-state index in [0.717, 1.165) is 32.1 Å². The third-order valence-corrected chi connectivity index (χ3v) is 6.90. The van der Waals surface area contributed by atoms with Crippen molar-refractivity contribution in [1.82, 2.24) is 4.72 Å². The van der Waals surface area contributed by atoms with Gasteiger partial charge in [-0.25, -0.2) is 17.9 Å². The zero-order valence-corrected chi connectivity index (χ0v) is 19.2. The number of esters is 1. The molecule has 0 atom stereocenters. The standard InChI is InChI=1S/C22H25ClN2O6S/c1-30-22(27)15-7-9-16(10-8-15)24-21(26)14-31-20-12-11-18(13-19(20)23)32(28,29)25-17-5-3-2-4-6-17/h7-13,17,25H,2-6,14H2,1H3,(H,24,26). The molecule has 0 bridgehead atoms. The number of hydrogen-bond donors (Lipinski definition) is 2. The van der Waals surface area contributed by atoms with Crippen molar-refractivity contribution < 1.29 is 27.5 Å². The van der Waals surface area contributed by atoms with Crippen molar-refractivity contribution in [2.75, 3.05) is 19.0 Å². The van der Waals surface area contributed by atoms with Gasteiger partial charge in [-0.15, -0.1) is 0 Å². The van der Waals surface area contributed by atoms with Crippen LogP contribution in [0.2, 0.25) is 5.02 Å². The van der Waals surface area contributed by atoms with Gasteiger partial charge in [-0.1, -0.05) is 30.9 Å². The van der Waals surface area contributed by atoms with Gasteiger partial charge in [0.05, 0.1) is 22.6 Å². The number of carbonyl (C=O) groups excluding carboxylic acids is 2. The van der Waals surface area contributed by atoms with Gasteiger partial charge in [0, 0.05) is 11.7 Å². The third kappa shape index (κ3) is 6.44. The van der Waals surface area contributed by atoms with Gasteiger partial charge in [0.15, 0.2) is 6.61 Å². The molecule has 0 spiro atoms. The minimum absolute atomic E-state index is 0.0515. The lowest BCUT2D eigenvalue weighted by atomic mass is 9.96. The van der Waals surface area contributed by atoms with Crippen molar-refractivity contribution in [3.05, 3.63) is 53.1 Å². The monoisotopic (exact) mass is 480 g/mol. The van der Waals surface area contributed by atoms with Crippen LogP contribution in [0.25, 0.3) is 0 Å². The number of sulfonamides is 1. The molecule has 32 heavy (non-hydrogen) atoms. The topological polar surface area (TPSA) is 111 Å². The van der Waals surface area contributed by atoms with Gasteiger partial charge in [-0.05, 0) is 55.3 Å². The SMILES string of the molecule is COC(=O)c1ccc(NC(=O)COc2ccc(S(=O)(=O)NC3CCCCC3)cc2Cl)cc1.